The van der Waals surface area contributed by atoms with E-state index in [0.29, 0.717) is 6.04 Å². The molecule has 0 radical (unpaired) electrons. The van der Waals surface area contributed by atoms with E-state index >= 15 is 0 Å². The van der Waals surface area contributed by atoms with E-state index in [1.807, 2.05) is 17.9 Å². The molecule has 2 aliphatic rings. The average Bonchev–Trinajstić information content (AvgIpc) is 2.93. The molecule has 1 aromatic rings. The van der Waals surface area contributed by atoms with Crippen LogP contribution in [-0.2, 0) is 7.05 Å². The van der Waals surface area contributed by atoms with Crippen molar-refractivity contribution >= 4 is 0 Å². The number of hydrogen-bond donors (Lipinski definition) is 1. The van der Waals surface area contributed by atoms with Gasteiger partial charge in [-0.1, -0.05) is 13.3 Å². The molecule has 0 bridgehead atoms. The molecule has 0 spiro atoms. The summed E-state index contributed by atoms with van der Waals surface area (Å²) < 4.78 is 1.89. The van der Waals surface area contributed by atoms with E-state index in [4.69, 9.17) is 5.73 Å². The topological polar surface area (TPSA) is 50.3 Å². The Balaban J connectivity index is 1.77. The van der Waals surface area contributed by atoms with E-state index in [0.717, 1.165) is 25.6 Å². The van der Waals surface area contributed by atoms with Crippen molar-refractivity contribution in [3.05, 3.63) is 18.0 Å². The van der Waals surface area contributed by atoms with Crippen molar-refractivity contribution < 1.29 is 0 Å². The highest BCUT2D eigenvalue weighted by atomic mass is 15.3. The van der Waals surface area contributed by atoms with E-state index in [2.05, 4.69) is 28.0 Å². The Morgan fingerprint density at radius 1 is 1.33 bits per heavy atom. The fourth-order valence-corrected chi connectivity index (χ4v) is 3.98. The number of aromatic nitrogens is 2. The summed E-state index contributed by atoms with van der Waals surface area (Å²) in [6.07, 6.45) is 9.23. The van der Waals surface area contributed by atoms with Gasteiger partial charge in [-0.3, -0.25) is 14.5 Å². The van der Waals surface area contributed by atoms with Gasteiger partial charge in [-0.2, -0.15) is 5.10 Å². The second-order valence-corrected chi connectivity index (χ2v) is 6.64. The van der Waals surface area contributed by atoms with Crippen molar-refractivity contribution in [2.24, 2.45) is 12.8 Å². The smallest absolute Gasteiger partial charge is 0.0538 e. The number of nitrogens with two attached hydrogens (primary N) is 1. The van der Waals surface area contributed by atoms with Crippen molar-refractivity contribution in [3.8, 4) is 0 Å². The molecule has 0 amide bonds. The van der Waals surface area contributed by atoms with Crippen LogP contribution in [0.3, 0.4) is 0 Å². The van der Waals surface area contributed by atoms with Crippen LogP contribution in [0, 0.1) is 0 Å². The first-order chi connectivity index (χ1) is 10.2. The third-order valence-electron chi connectivity index (χ3n) is 5.21. The zero-order valence-electron chi connectivity index (χ0n) is 13.4. The second-order valence-electron chi connectivity index (χ2n) is 6.64. The van der Waals surface area contributed by atoms with Crippen LogP contribution in [0.25, 0.3) is 0 Å². The predicted octanol–water partition coefficient (Wildman–Crippen LogP) is 1.37. The first-order valence-corrected chi connectivity index (χ1v) is 8.41. The van der Waals surface area contributed by atoms with E-state index < -0.39 is 0 Å². The normalized spacial score (nSPS) is 27.3. The molecule has 3 atom stereocenters. The Kier molecular flexibility index (Phi) is 4.62. The molecule has 0 aromatic carbocycles. The quantitative estimate of drug-likeness (QED) is 0.910. The van der Waals surface area contributed by atoms with Crippen molar-refractivity contribution in [2.45, 2.75) is 50.7 Å². The Bertz CT molecular complexity index is 457. The zero-order chi connectivity index (χ0) is 14.8. The Hall–Kier alpha value is -0.910. The summed E-state index contributed by atoms with van der Waals surface area (Å²) in [4.78, 5) is 5.29. The summed E-state index contributed by atoms with van der Waals surface area (Å²) in [7, 11) is 1.98. The van der Waals surface area contributed by atoms with Gasteiger partial charge in [0.25, 0.3) is 0 Å². The summed E-state index contributed by atoms with van der Waals surface area (Å²) >= 11 is 0. The average molecular weight is 291 g/mol. The van der Waals surface area contributed by atoms with Gasteiger partial charge < -0.3 is 5.73 Å². The largest absolute Gasteiger partial charge is 0.326 e. The Morgan fingerprint density at radius 2 is 2.19 bits per heavy atom. The number of nitrogens with zero attached hydrogens (tertiary/aromatic N) is 4. The first kappa shape index (κ1) is 15.0. The molecule has 0 aliphatic carbocycles. The predicted molar refractivity (Wildman–Crippen MR) is 85.0 cm³/mol. The van der Waals surface area contributed by atoms with Crippen molar-refractivity contribution in [1.82, 2.24) is 19.6 Å². The molecule has 1 aromatic heterocycles. The molecule has 3 rings (SSSR count). The SMILES string of the molecule is CCC(N)C(c1cnn(C)c1)N1CCN2CCCCC2C1. The number of hydrogen-bond acceptors (Lipinski definition) is 4. The monoisotopic (exact) mass is 291 g/mol. The second kappa shape index (κ2) is 6.46. The Labute approximate surface area is 128 Å². The van der Waals surface area contributed by atoms with E-state index in [1.165, 1.54) is 37.9 Å². The lowest BCUT2D eigenvalue weighted by atomic mass is 9.94. The van der Waals surface area contributed by atoms with Crippen LogP contribution in [0.4, 0.5) is 0 Å². The first-order valence-electron chi connectivity index (χ1n) is 8.41. The molecule has 5 nitrogen and oxygen atoms in total. The minimum atomic E-state index is 0.185. The van der Waals surface area contributed by atoms with E-state index in [1.54, 1.807) is 0 Å². The highest BCUT2D eigenvalue weighted by molar-refractivity contribution is 5.14. The summed E-state index contributed by atoms with van der Waals surface area (Å²) in [6, 6.07) is 1.23. The molecule has 2 aliphatic heterocycles. The molecule has 3 heterocycles. The molecule has 3 unspecified atom stereocenters. The highest BCUT2D eigenvalue weighted by Gasteiger charge is 2.34. The molecule has 5 heteroatoms. The highest BCUT2D eigenvalue weighted by Crippen LogP contribution is 2.30. The summed E-state index contributed by atoms with van der Waals surface area (Å²) in [5.41, 5.74) is 7.74. The van der Waals surface area contributed by atoms with E-state index in [9.17, 15) is 0 Å². The van der Waals surface area contributed by atoms with Gasteiger partial charge in [-0.05, 0) is 25.8 Å². The van der Waals surface area contributed by atoms with Gasteiger partial charge in [-0.25, -0.2) is 0 Å². The maximum absolute atomic E-state index is 6.47. The zero-order valence-corrected chi connectivity index (χ0v) is 13.4. The van der Waals surface area contributed by atoms with Crippen LogP contribution in [0.15, 0.2) is 12.4 Å². The third-order valence-corrected chi connectivity index (χ3v) is 5.21. The summed E-state index contributed by atoms with van der Waals surface area (Å²) in [5, 5.41) is 4.35. The van der Waals surface area contributed by atoms with Gasteiger partial charge in [0.15, 0.2) is 0 Å². The number of rotatable bonds is 4. The van der Waals surface area contributed by atoms with Gasteiger partial charge in [0.1, 0.15) is 0 Å². The lowest BCUT2D eigenvalue weighted by molar-refractivity contribution is 0.0202. The number of aryl methyl sites for hydroxylation is 1. The van der Waals surface area contributed by atoms with Crippen molar-refractivity contribution in [3.63, 3.8) is 0 Å². The fourth-order valence-electron chi connectivity index (χ4n) is 3.98. The van der Waals surface area contributed by atoms with Crippen LogP contribution in [0.5, 0.6) is 0 Å². The van der Waals surface area contributed by atoms with Crippen LogP contribution >= 0.6 is 0 Å². The molecular weight excluding hydrogens is 262 g/mol. The standard InChI is InChI=1S/C16H29N5/c1-3-15(17)16(13-10-18-19(2)11-13)21-9-8-20-7-5-4-6-14(20)12-21/h10-11,14-16H,3-9,12,17H2,1-2H3. The number of piperidine rings is 1. The van der Waals surface area contributed by atoms with Crippen molar-refractivity contribution in [1.29, 1.82) is 0 Å². The molecular formula is C16H29N5. The number of fused-ring (bicyclic) bond motifs is 1. The number of piperazine rings is 1. The lowest BCUT2D eigenvalue weighted by Crippen LogP contribution is -2.57. The van der Waals surface area contributed by atoms with Crippen LogP contribution in [0.1, 0.15) is 44.2 Å². The molecule has 118 valence electrons. The molecule has 2 fully saturated rings. The third kappa shape index (κ3) is 3.15. The van der Waals surface area contributed by atoms with Crippen LogP contribution < -0.4 is 5.73 Å². The van der Waals surface area contributed by atoms with Gasteiger partial charge in [0, 0.05) is 50.5 Å². The molecule has 2 N–H and O–H groups in total. The minimum absolute atomic E-state index is 0.185. The minimum Gasteiger partial charge on any atom is -0.326 e. The van der Waals surface area contributed by atoms with Gasteiger partial charge >= 0.3 is 0 Å². The molecule has 21 heavy (non-hydrogen) atoms. The van der Waals surface area contributed by atoms with Crippen molar-refractivity contribution in [2.75, 3.05) is 26.2 Å². The molecule has 2 saturated heterocycles. The van der Waals surface area contributed by atoms with Gasteiger partial charge in [0.2, 0.25) is 0 Å². The van der Waals surface area contributed by atoms with Crippen LogP contribution in [0.2, 0.25) is 0 Å². The summed E-state index contributed by atoms with van der Waals surface area (Å²) in [6.45, 7) is 6.95. The fraction of sp³-hybridized carbons (Fsp3) is 0.812. The summed E-state index contributed by atoms with van der Waals surface area (Å²) in [5.74, 6) is 0. The lowest BCUT2D eigenvalue weighted by Gasteiger charge is -2.47. The maximum atomic E-state index is 6.47. The maximum Gasteiger partial charge on any atom is 0.0538 e. The molecule has 0 saturated carbocycles. The Morgan fingerprint density at radius 3 is 2.90 bits per heavy atom. The van der Waals surface area contributed by atoms with Crippen LogP contribution in [-0.4, -0.2) is 57.8 Å². The van der Waals surface area contributed by atoms with Gasteiger partial charge in [-0.15, -0.1) is 0 Å². The van der Waals surface area contributed by atoms with Gasteiger partial charge in [0.05, 0.1) is 12.2 Å². The van der Waals surface area contributed by atoms with E-state index in [-0.39, 0.29) is 6.04 Å².